The van der Waals surface area contributed by atoms with Gasteiger partial charge in [-0.05, 0) is 80.7 Å². The molecule has 5 rings (SSSR count). The fraction of sp³-hybridized carbons (Fsp3) is 0.464. The lowest BCUT2D eigenvalue weighted by Gasteiger charge is -2.35. The molecule has 1 saturated heterocycles. The number of anilines is 2. The zero-order chi connectivity index (χ0) is 25.4. The molecule has 3 N–H and O–H groups in total. The Morgan fingerprint density at radius 3 is 2.86 bits per heavy atom. The van der Waals surface area contributed by atoms with Gasteiger partial charge >= 0.3 is 0 Å². The number of pyridine rings is 2. The standard InChI is InChI=1S/C28H34FN5O2/c1-17-11-18(13-19(30)12-17)21-7-9-31-16-25(21)33-27(35)22-5-6-24(29)23-14-20(15-32-26(22)23)34-10-4-8-28(34,2)36-3/h5-7,9,14-19H,4,8,10-13,30H2,1-3H3,(H,33,35)/t17-,18+,19-,28-/m0/s1. The van der Waals surface area contributed by atoms with Crippen LogP contribution in [0.2, 0.25) is 0 Å². The second-order valence-corrected chi connectivity index (χ2v) is 10.5. The molecule has 0 radical (unpaired) electrons. The van der Waals surface area contributed by atoms with Crippen LogP contribution < -0.4 is 16.0 Å². The summed E-state index contributed by atoms with van der Waals surface area (Å²) in [5.74, 6) is 0.0146. The van der Waals surface area contributed by atoms with Crippen LogP contribution in [0.4, 0.5) is 15.8 Å². The summed E-state index contributed by atoms with van der Waals surface area (Å²) in [6.07, 6.45) is 9.88. The minimum Gasteiger partial charge on any atom is -0.359 e. The maximum atomic E-state index is 14.9. The molecule has 8 heteroatoms. The second-order valence-electron chi connectivity index (χ2n) is 10.5. The molecular weight excluding hydrogens is 457 g/mol. The molecule has 2 aromatic heterocycles. The number of fused-ring (bicyclic) bond motifs is 1. The lowest BCUT2D eigenvalue weighted by atomic mass is 9.76. The number of rotatable bonds is 5. The van der Waals surface area contributed by atoms with Crippen LogP contribution >= 0.6 is 0 Å². The monoisotopic (exact) mass is 491 g/mol. The van der Waals surface area contributed by atoms with Gasteiger partial charge in [-0.1, -0.05) is 6.92 Å². The van der Waals surface area contributed by atoms with Crippen LogP contribution in [0.15, 0.2) is 42.9 Å². The van der Waals surface area contributed by atoms with Crippen molar-refractivity contribution >= 4 is 28.2 Å². The van der Waals surface area contributed by atoms with E-state index < -0.39 is 11.5 Å². The number of methoxy groups -OCH3 is 1. The van der Waals surface area contributed by atoms with Gasteiger partial charge in [0.15, 0.2) is 0 Å². The quantitative estimate of drug-likeness (QED) is 0.509. The molecule has 4 atom stereocenters. The lowest BCUT2D eigenvalue weighted by molar-refractivity contribution is 0.0155. The van der Waals surface area contributed by atoms with Gasteiger partial charge in [0.25, 0.3) is 5.91 Å². The van der Waals surface area contributed by atoms with E-state index in [1.807, 2.05) is 13.0 Å². The Morgan fingerprint density at radius 1 is 1.25 bits per heavy atom. The number of carbonyl (C=O) groups excluding carboxylic acids is 1. The maximum absolute atomic E-state index is 14.9. The van der Waals surface area contributed by atoms with Gasteiger partial charge in [0.2, 0.25) is 0 Å². The third kappa shape index (κ3) is 4.55. The largest absolute Gasteiger partial charge is 0.359 e. The van der Waals surface area contributed by atoms with Gasteiger partial charge in [-0.2, -0.15) is 0 Å². The fourth-order valence-corrected chi connectivity index (χ4v) is 6.02. The van der Waals surface area contributed by atoms with E-state index in [4.69, 9.17) is 10.5 Å². The van der Waals surface area contributed by atoms with Gasteiger partial charge in [0.05, 0.1) is 34.8 Å². The molecule has 1 aliphatic carbocycles. The van der Waals surface area contributed by atoms with Crippen LogP contribution in [0.25, 0.3) is 10.9 Å². The molecular formula is C28H34FN5O2. The zero-order valence-electron chi connectivity index (χ0n) is 21.1. The SMILES string of the molecule is CO[C@@]1(C)CCCN1c1cnc2c(C(=O)Nc3cnccc3[C@@H]3C[C@H](C)C[C@H](N)C3)ccc(F)c2c1. The maximum Gasteiger partial charge on any atom is 0.257 e. The number of nitrogens with two attached hydrogens (primary N) is 1. The van der Waals surface area contributed by atoms with Crippen molar-refractivity contribution in [1.29, 1.82) is 0 Å². The minimum absolute atomic E-state index is 0.144. The van der Waals surface area contributed by atoms with E-state index in [0.717, 1.165) is 49.9 Å². The highest BCUT2D eigenvalue weighted by atomic mass is 19.1. The Hall–Kier alpha value is -3.10. The van der Waals surface area contributed by atoms with Crippen molar-refractivity contribution in [2.75, 3.05) is 23.9 Å². The first-order chi connectivity index (χ1) is 17.3. The Bertz CT molecular complexity index is 1270. The molecule has 1 aliphatic heterocycles. The fourth-order valence-electron chi connectivity index (χ4n) is 6.02. The molecule has 0 spiro atoms. The van der Waals surface area contributed by atoms with Gasteiger partial charge in [0.1, 0.15) is 11.5 Å². The molecule has 1 saturated carbocycles. The Balaban J connectivity index is 1.46. The summed E-state index contributed by atoms with van der Waals surface area (Å²) >= 11 is 0. The molecule has 0 bridgehead atoms. The van der Waals surface area contributed by atoms with E-state index >= 15 is 0 Å². The Morgan fingerprint density at radius 2 is 2.08 bits per heavy atom. The number of aromatic nitrogens is 2. The number of carbonyl (C=O) groups is 1. The Labute approximate surface area is 211 Å². The summed E-state index contributed by atoms with van der Waals surface area (Å²) < 4.78 is 20.7. The van der Waals surface area contributed by atoms with E-state index in [1.54, 1.807) is 31.8 Å². The van der Waals surface area contributed by atoms with Crippen LogP contribution in [0.1, 0.15) is 67.8 Å². The number of ether oxygens (including phenoxy) is 1. The van der Waals surface area contributed by atoms with E-state index in [2.05, 4.69) is 27.1 Å². The van der Waals surface area contributed by atoms with E-state index in [0.29, 0.717) is 28.1 Å². The van der Waals surface area contributed by atoms with Crippen molar-refractivity contribution in [3.8, 4) is 0 Å². The second kappa shape index (κ2) is 9.75. The number of benzene rings is 1. The van der Waals surface area contributed by atoms with E-state index in [-0.39, 0.29) is 17.9 Å². The van der Waals surface area contributed by atoms with Crippen molar-refractivity contribution in [3.63, 3.8) is 0 Å². The molecule has 190 valence electrons. The van der Waals surface area contributed by atoms with Gasteiger partial charge in [0, 0.05) is 31.3 Å². The van der Waals surface area contributed by atoms with Crippen molar-refractivity contribution in [3.05, 3.63) is 59.8 Å². The third-order valence-electron chi connectivity index (χ3n) is 7.89. The normalized spacial score (nSPS) is 26.4. The summed E-state index contributed by atoms with van der Waals surface area (Å²) in [7, 11) is 1.68. The van der Waals surface area contributed by atoms with Crippen LogP contribution in [0, 0.1) is 11.7 Å². The molecule has 3 heterocycles. The van der Waals surface area contributed by atoms with Gasteiger partial charge < -0.3 is 20.7 Å². The molecule has 3 aromatic rings. The number of halogens is 1. The van der Waals surface area contributed by atoms with Gasteiger partial charge in [-0.3, -0.25) is 14.8 Å². The van der Waals surface area contributed by atoms with Gasteiger partial charge in [-0.25, -0.2) is 4.39 Å². The first kappa shape index (κ1) is 24.6. The molecule has 0 unspecified atom stereocenters. The third-order valence-corrected chi connectivity index (χ3v) is 7.89. The average molecular weight is 492 g/mol. The summed E-state index contributed by atoms with van der Waals surface area (Å²) in [6.45, 7) is 5.04. The minimum atomic E-state index is -0.462. The summed E-state index contributed by atoms with van der Waals surface area (Å²) in [5.41, 5.74) is 8.95. The molecule has 2 aliphatic rings. The van der Waals surface area contributed by atoms with Crippen molar-refractivity contribution in [2.24, 2.45) is 11.7 Å². The highest BCUT2D eigenvalue weighted by molar-refractivity contribution is 6.12. The van der Waals surface area contributed by atoms with E-state index in [9.17, 15) is 9.18 Å². The number of amides is 1. The smallest absolute Gasteiger partial charge is 0.257 e. The highest BCUT2D eigenvalue weighted by Gasteiger charge is 2.37. The number of hydrogen-bond acceptors (Lipinski definition) is 6. The Kier molecular flexibility index (Phi) is 6.66. The molecule has 1 amide bonds. The summed E-state index contributed by atoms with van der Waals surface area (Å²) in [5, 5.41) is 3.33. The first-order valence-electron chi connectivity index (χ1n) is 12.7. The van der Waals surface area contributed by atoms with Crippen LogP contribution in [-0.4, -0.2) is 41.3 Å². The van der Waals surface area contributed by atoms with Gasteiger partial charge in [-0.15, -0.1) is 0 Å². The highest BCUT2D eigenvalue weighted by Crippen LogP contribution is 2.39. The number of nitrogens with one attached hydrogen (secondary N) is 1. The van der Waals surface area contributed by atoms with Crippen LogP contribution in [-0.2, 0) is 4.74 Å². The zero-order valence-corrected chi connectivity index (χ0v) is 21.1. The molecule has 2 fully saturated rings. The molecule has 1 aromatic carbocycles. The summed E-state index contributed by atoms with van der Waals surface area (Å²) in [4.78, 5) is 24.3. The lowest BCUT2D eigenvalue weighted by Crippen LogP contribution is -2.42. The van der Waals surface area contributed by atoms with Crippen molar-refractivity contribution in [2.45, 2.75) is 63.6 Å². The van der Waals surface area contributed by atoms with Crippen LogP contribution in [0.3, 0.4) is 0 Å². The molecule has 36 heavy (non-hydrogen) atoms. The predicted octanol–water partition coefficient (Wildman–Crippen LogP) is 5.21. The van der Waals surface area contributed by atoms with Crippen molar-refractivity contribution in [1.82, 2.24) is 9.97 Å². The summed E-state index contributed by atoms with van der Waals surface area (Å²) in [6, 6.07) is 6.68. The van der Waals surface area contributed by atoms with E-state index in [1.165, 1.54) is 12.1 Å². The topological polar surface area (TPSA) is 93.4 Å². The number of nitrogens with zero attached hydrogens (tertiary/aromatic N) is 3. The molecule has 7 nitrogen and oxygen atoms in total. The predicted molar refractivity (Wildman–Crippen MR) is 140 cm³/mol. The van der Waals surface area contributed by atoms with Crippen LogP contribution in [0.5, 0.6) is 0 Å². The van der Waals surface area contributed by atoms with Crippen molar-refractivity contribution < 1.29 is 13.9 Å². The average Bonchev–Trinajstić information content (AvgIpc) is 3.26. The number of hydrogen-bond donors (Lipinski definition) is 2. The first-order valence-corrected chi connectivity index (χ1v) is 12.7.